The molecule has 0 saturated heterocycles. The molecular weight excluding hydrogens is 192 g/mol. The molecule has 0 aliphatic carbocycles. The van der Waals surface area contributed by atoms with Gasteiger partial charge >= 0.3 is 0 Å². The number of carbonyl (C=O) groups excluding carboxylic acids is 1. The molecule has 0 aromatic carbocycles. The van der Waals surface area contributed by atoms with Gasteiger partial charge in [-0.25, -0.2) is 0 Å². The monoisotopic (exact) mass is 208 g/mol. The van der Waals surface area contributed by atoms with Crippen molar-refractivity contribution >= 4 is 5.91 Å². The molecule has 1 aromatic rings. The number of hydrogen-bond donors (Lipinski definition) is 1. The van der Waals surface area contributed by atoms with Crippen LogP contribution in [0.15, 0.2) is 18.5 Å². The summed E-state index contributed by atoms with van der Waals surface area (Å²) in [6.45, 7) is 4.00. The number of amides is 1. The Morgan fingerprint density at radius 1 is 1.60 bits per heavy atom. The predicted molar refractivity (Wildman–Crippen MR) is 57.7 cm³/mol. The van der Waals surface area contributed by atoms with Crippen LogP contribution in [-0.2, 0) is 0 Å². The summed E-state index contributed by atoms with van der Waals surface area (Å²) >= 11 is 0. The summed E-state index contributed by atoms with van der Waals surface area (Å²) in [5, 5.41) is 9.21. The molecule has 0 fully saturated rings. The van der Waals surface area contributed by atoms with E-state index in [4.69, 9.17) is 0 Å². The molecule has 1 amide bonds. The Morgan fingerprint density at radius 2 is 2.27 bits per heavy atom. The summed E-state index contributed by atoms with van der Waals surface area (Å²) in [6, 6.07) is 1.61. The van der Waals surface area contributed by atoms with Crippen LogP contribution in [0.1, 0.15) is 30.6 Å². The molecule has 1 heterocycles. The van der Waals surface area contributed by atoms with E-state index in [1.807, 2.05) is 13.8 Å². The highest BCUT2D eigenvalue weighted by Gasteiger charge is 2.16. The Bertz CT molecular complexity index is 352. The first kappa shape index (κ1) is 11.5. The van der Waals surface area contributed by atoms with Crippen molar-refractivity contribution in [2.24, 2.45) is 0 Å². The Morgan fingerprint density at radius 3 is 2.80 bits per heavy atom. The maximum absolute atomic E-state index is 11.9. The number of pyridine rings is 1. The lowest BCUT2D eigenvalue weighted by Crippen LogP contribution is -2.34. The molecule has 0 aliphatic heterocycles. The SMILES string of the molecule is CCC(C)N(C)C(=O)c1cncc(O)c1. The predicted octanol–water partition coefficient (Wildman–Crippen LogP) is 1.66. The maximum atomic E-state index is 11.9. The summed E-state index contributed by atoms with van der Waals surface area (Å²) in [5.74, 6) is -0.105. The normalized spacial score (nSPS) is 12.2. The van der Waals surface area contributed by atoms with Crippen LogP contribution in [0.3, 0.4) is 0 Å². The minimum Gasteiger partial charge on any atom is -0.506 e. The van der Waals surface area contributed by atoms with Gasteiger partial charge in [-0.1, -0.05) is 6.92 Å². The molecule has 82 valence electrons. The minimum atomic E-state index is -0.118. The molecule has 0 saturated carbocycles. The molecule has 1 atom stereocenters. The van der Waals surface area contributed by atoms with E-state index in [9.17, 15) is 9.90 Å². The molecule has 0 aliphatic rings. The summed E-state index contributed by atoms with van der Waals surface area (Å²) in [6.07, 6.45) is 3.66. The first-order valence-electron chi connectivity index (χ1n) is 4.97. The van der Waals surface area contributed by atoms with Gasteiger partial charge in [0.25, 0.3) is 5.91 Å². The third-order valence-electron chi connectivity index (χ3n) is 2.54. The average Bonchev–Trinajstić information content (AvgIpc) is 2.26. The molecule has 0 bridgehead atoms. The van der Waals surface area contributed by atoms with Crippen molar-refractivity contribution in [2.45, 2.75) is 26.3 Å². The summed E-state index contributed by atoms with van der Waals surface area (Å²) in [5.41, 5.74) is 0.415. The van der Waals surface area contributed by atoms with Gasteiger partial charge in [0, 0.05) is 19.3 Å². The van der Waals surface area contributed by atoms with Crippen molar-refractivity contribution in [2.75, 3.05) is 7.05 Å². The van der Waals surface area contributed by atoms with Crippen molar-refractivity contribution in [3.8, 4) is 5.75 Å². The minimum absolute atomic E-state index is 0.0124. The van der Waals surface area contributed by atoms with Crippen LogP contribution in [0.5, 0.6) is 5.75 Å². The van der Waals surface area contributed by atoms with Gasteiger partial charge in [-0.3, -0.25) is 9.78 Å². The van der Waals surface area contributed by atoms with Crippen LogP contribution in [0.2, 0.25) is 0 Å². The van der Waals surface area contributed by atoms with Gasteiger partial charge in [0.15, 0.2) is 0 Å². The average molecular weight is 208 g/mol. The van der Waals surface area contributed by atoms with Crippen molar-refractivity contribution in [3.05, 3.63) is 24.0 Å². The summed E-state index contributed by atoms with van der Waals surface area (Å²) in [4.78, 5) is 17.3. The highest BCUT2D eigenvalue weighted by Crippen LogP contribution is 2.12. The first-order valence-corrected chi connectivity index (χ1v) is 4.97. The zero-order chi connectivity index (χ0) is 11.4. The number of aromatic nitrogens is 1. The lowest BCUT2D eigenvalue weighted by molar-refractivity contribution is 0.0739. The van der Waals surface area contributed by atoms with Gasteiger partial charge in [0.2, 0.25) is 0 Å². The van der Waals surface area contributed by atoms with Crippen LogP contribution in [-0.4, -0.2) is 34.0 Å². The van der Waals surface area contributed by atoms with E-state index in [0.717, 1.165) is 6.42 Å². The fourth-order valence-corrected chi connectivity index (χ4v) is 1.22. The number of rotatable bonds is 3. The third-order valence-corrected chi connectivity index (χ3v) is 2.54. The van der Waals surface area contributed by atoms with E-state index in [-0.39, 0.29) is 17.7 Å². The van der Waals surface area contributed by atoms with E-state index >= 15 is 0 Å². The van der Waals surface area contributed by atoms with Gasteiger partial charge in [-0.05, 0) is 19.4 Å². The standard InChI is InChI=1S/C11H16N2O2/c1-4-8(2)13(3)11(15)9-5-10(14)7-12-6-9/h5-8,14H,4H2,1-3H3. The Labute approximate surface area is 89.6 Å². The van der Waals surface area contributed by atoms with Gasteiger partial charge in [0.05, 0.1) is 11.8 Å². The van der Waals surface area contributed by atoms with Gasteiger partial charge in [0.1, 0.15) is 5.75 Å². The van der Waals surface area contributed by atoms with Crippen molar-refractivity contribution in [1.82, 2.24) is 9.88 Å². The highest BCUT2D eigenvalue weighted by molar-refractivity contribution is 5.94. The molecule has 1 rings (SSSR count). The highest BCUT2D eigenvalue weighted by atomic mass is 16.3. The molecule has 1 unspecified atom stereocenters. The largest absolute Gasteiger partial charge is 0.506 e. The summed E-state index contributed by atoms with van der Waals surface area (Å²) < 4.78 is 0. The Balaban J connectivity index is 2.85. The van der Waals surface area contributed by atoms with Crippen LogP contribution >= 0.6 is 0 Å². The molecular formula is C11H16N2O2. The van der Waals surface area contributed by atoms with E-state index in [1.54, 1.807) is 11.9 Å². The Kier molecular flexibility index (Phi) is 3.66. The molecule has 0 radical (unpaired) electrons. The first-order chi connectivity index (χ1) is 7.06. The zero-order valence-electron chi connectivity index (χ0n) is 9.27. The van der Waals surface area contributed by atoms with Gasteiger partial charge in [-0.15, -0.1) is 0 Å². The second-order valence-corrected chi connectivity index (χ2v) is 3.61. The van der Waals surface area contributed by atoms with Crippen LogP contribution in [0.25, 0.3) is 0 Å². The van der Waals surface area contributed by atoms with Crippen LogP contribution in [0, 0.1) is 0 Å². The molecule has 15 heavy (non-hydrogen) atoms. The van der Waals surface area contributed by atoms with Crippen molar-refractivity contribution < 1.29 is 9.90 Å². The molecule has 1 aromatic heterocycles. The fraction of sp³-hybridized carbons (Fsp3) is 0.455. The van der Waals surface area contributed by atoms with Crippen molar-refractivity contribution in [3.63, 3.8) is 0 Å². The van der Waals surface area contributed by atoms with Crippen LogP contribution < -0.4 is 0 Å². The van der Waals surface area contributed by atoms with E-state index < -0.39 is 0 Å². The molecule has 4 heteroatoms. The maximum Gasteiger partial charge on any atom is 0.255 e. The van der Waals surface area contributed by atoms with Gasteiger partial charge in [-0.2, -0.15) is 0 Å². The second-order valence-electron chi connectivity index (χ2n) is 3.61. The van der Waals surface area contributed by atoms with Crippen molar-refractivity contribution in [1.29, 1.82) is 0 Å². The second kappa shape index (κ2) is 4.77. The van der Waals surface area contributed by atoms with E-state index in [2.05, 4.69) is 4.98 Å². The lowest BCUT2D eigenvalue weighted by Gasteiger charge is -2.23. The number of carbonyl (C=O) groups is 1. The third kappa shape index (κ3) is 2.68. The lowest BCUT2D eigenvalue weighted by atomic mass is 10.2. The Hall–Kier alpha value is -1.58. The summed E-state index contributed by atoms with van der Waals surface area (Å²) in [7, 11) is 1.75. The molecule has 0 spiro atoms. The van der Waals surface area contributed by atoms with Crippen LogP contribution in [0.4, 0.5) is 0 Å². The van der Waals surface area contributed by atoms with Gasteiger partial charge < -0.3 is 10.0 Å². The topological polar surface area (TPSA) is 53.4 Å². The van der Waals surface area contributed by atoms with E-state index in [0.29, 0.717) is 5.56 Å². The quantitative estimate of drug-likeness (QED) is 0.821. The fourth-order valence-electron chi connectivity index (χ4n) is 1.22. The smallest absolute Gasteiger partial charge is 0.255 e. The number of aromatic hydroxyl groups is 1. The molecule has 1 N–H and O–H groups in total. The molecule has 4 nitrogen and oxygen atoms in total. The van der Waals surface area contributed by atoms with E-state index in [1.165, 1.54) is 18.5 Å². The number of hydrogen-bond acceptors (Lipinski definition) is 3. The number of nitrogens with zero attached hydrogens (tertiary/aromatic N) is 2. The zero-order valence-corrected chi connectivity index (χ0v) is 9.27.